The first-order chi connectivity index (χ1) is 33.8. The van der Waals surface area contributed by atoms with Crippen LogP contribution in [0.25, 0.3) is 106 Å². The van der Waals surface area contributed by atoms with E-state index in [1.54, 1.807) is 0 Å². The first-order valence-corrected chi connectivity index (χ1v) is 23.2. The second kappa shape index (κ2) is 16.4. The van der Waals surface area contributed by atoms with Crippen molar-refractivity contribution in [1.82, 2.24) is 14.5 Å². The Morgan fingerprint density at radius 2 is 0.750 bits per heavy atom. The van der Waals surface area contributed by atoms with Gasteiger partial charge in [-0.2, -0.15) is 0 Å². The van der Waals surface area contributed by atoms with Crippen LogP contribution < -0.4 is 4.90 Å². The molecule has 0 aliphatic carbocycles. The Bertz CT molecular complexity index is 3780. The van der Waals surface area contributed by atoms with Gasteiger partial charge >= 0.3 is 0 Å². The van der Waals surface area contributed by atoms with Crippen LogP contribution in [0.5, 0.6) is 0 Å². The van der Waals surface area contributed by atoms with Gasteiger partial charge in [0.05, 0.1) is 39.7 Å². The minimum absolute atomic E-state index is 0.701. The Morgan fingerprint density at radius 3 is 1.40 bits per heavy atom. The fraction of sp³-hybridized carbons (Fsp3) is 0. The minimum Gasteiger partial charge on any atom is -0.309 e. The van der Waals surface area contributed by atoms with Crippen LogP contribution in [0.4, 0.5) is 17.1 Å². The second-order valence-electron chi connectivity index (χ2n) is 17.3. The average molecular weight is 867 g/mol. The fourth-order valence-electron chi connectivity index (χ4n) is 10.3. The number of nitrogens with zero attached hydrogens (tertiary/aromatic N) is 4. The van der Waals surface area contributed by atoms with Crippen LogP contribution in [-0.4, -0.2) is 14.5 Å². The van der Waals surface area contributed by atoms with Crippen molar-refractivity contribution in [2.24, 2.45) is 0 Å². The Labute approximate surface area is 395 Å². The Morgan fingerprint density at radius 1 is 0.294 bits per heavy atom. The first kappa shape index (κ1) is 39.3. The van der Waals surface area contributed by atoms with Gasteiger partial charge in [0.1, 0.15) is 0 Å². The highest BCUT2D eigenvalue weighted by molar-refractivity contribution is 6.13. The number of hydrogen-bond acceptors (Lipinski definition) is 3. The van der Waals surface area contributed by atoms with E-state index >= 15 is 0 Å². The van der Waals surface area contributed by atoms with E-state index in [1.165, 1.54) is 38.9 Å². The number of anilines is 3. The summed E-state index contributed by atoms with van der Waals surface area (Å²) in [6.07, 6.45) is 0. The molecule has 0 unspecified atom stereocenters. The van der Waals surface area contributed by atoms with E-state index in [4.69, 9.17) is 9.97 Å². The van der Waals surface area contributed by atoms with Crippen LogP contribution in [0, 0.1) is 0 Å². The van der Waals surface area contributed by atoms with Crippen LogP contribution in [0.2, 0.25) is 0 Å². The van der Waals surface area contributed by atoms with Crippen molar-refractivity contribution in [2.45, 2.75) is 0 Å². The molecule has 0 N–H and O–H groups in total. The summed E-state index contributed by atoms with van der Waals surface area (Å²) in [5.41, 5.74) is 20.0. The molecule has 4 heteroatoms. The molecule has 0 bridgehead atoms. The molecule has 0 saturated carbocycles. The molecule has 0 spiro atoms. The van der Waals surface area contributed by atoms with Gasteiger partial charge in [0, 0.05) is 50.0 Å². The third-order valence-corrected chi connectivity index (χ3v) is 13.4. The number of fused-ring (bicyclic) bond motifs is 8. The lowest BCUT2D eigenvalue weighted by Gasteiger charge is -2.28. The van der Waals surface area contributed by atoms with E-state index in [2.05, 4.69) is 252 Å². The molecule has 2 aromatic heterocycles. The summed E-state index contributed by atoms with van der Waals surface area (Å²) in [5, 5.41) is 3.47. The maximum atomic E-state index is 5.21. The molecule has 12 aromatic rings. The third kappa shape index (κ3) is 6.53. The van der Waals surface area contributed by atoms with Crippen LogP contribution in [0.15, 0.2) is 255 Å². The predicted octanol–water partition coefficient (Wildman–Crippen LogP) is 17.0. The molecule has 0 saturated heterocycles. The highest BCUT2D eigenvalue weighted by Crippen LogP contribution is 2.55. The zero-order chi connectivity index (χ0) is 45.0. The quantitative estimate of drug-likeness (QED) is 0.160. The zero-order valence-corrected chi connectivity index (χ0v) is 37.0. The molecule has 0 fully saturated rings. The zero-order valence-electron chi connectivity index (χ0n) is 37.0. The van der Waals surface area contributed by atoms with Gasteiger partial charge in [-0.1, -0.05) is 206 Å². The van der Waals surface area contributed by atoms with Gasteiger partial charge in [-0.15, -0.1) is 0 Å². The summed E-state index contributed by atoms with van der Waals surface area (Å²) >= 11 is 0. The van der Waals surface area contributed by atoms with Gasteiger partial charge in [-0.05, 0) is 76.0 Å². The van der Waals surface area contributed by atoms with Crippen LogP contribution in [0.1, 0.15) is 0 Å². The molecule has 4 nitrogen and oxygen atoms in total. The maximum absolute atomic E-state index is 5.21. The molecule has 68 heavy (non-hydrogen) atoms. The SMILES string of the molecule is c1ccc(-c2cc(-c3ccccc3)nc(-c3ccc(-c4ccc(N5c6ccccc6-c6c(n(-c7ccccc7-c7ccccc7)c7ccccc67)-c6ccccc65)cc4)c4ccccc34)n2)cc1. The standard InChI is InChI=1S/C64H42N4/c1-4-20-43(21-5-1)49-26-12-16-32-58(49)68-60-34-18-14-30-54(60)62-53-29-13-17-33-59(53)67(61-35-19-15-31-55(61)63(62)68)47-38-36-44(37-39-47)48-40-41-52(51-28-11-10-27-50(48)51)64-65-56(45-22-6-2-7-23-45)42-57(66-64)46-24-8-3-9-25-46/h1-42H. The van der Waals surface area contributed by atoms with Crippen molar-refractivity contribution in [2.75, 3.05) is 4.90 Å². The third-order valence-electron chi connectivity index (χ3n) is 13.4. The Balaban J connectivity index is 0.950. The van der Waals surface area contributed by atoms with Crippen LogP contribution in [0.3, 0.4) is 0 Å². The highest BCUT2D eigenvalue weighted by Gasteiger charge is 2.32. The molecular weight excluding hydrogens is 825 g/mol. The molecule has 10 aromatic carbocycles. The molecule has 0 radical (unpaired) electrons. The Kier molecular flexibility index (Phi) is 9.47. The van der Waals surface area contributed by atoms with E-state index in [0.29, 0.717) is 5.82 Å². The van der Waals surface area contributed by atoms with Gasteiger partial charge in [0.25, 0.3) is 0 Å². The average Bonchev–Trinajstić information content (AvgIpc) is 3.70. The Hall–Kier alpha value is -9.12. The van der Waals surface area contributed by atoms with Crippen molar-refractivity contribution in [3.63, 3.8) is 0 Å². The lowest BCUT2D eigenvalue weighted by molar-refractivity contribution is 1.14. The van der Waals surface area contributed by atoms with Gasteiger partial charge < -0.3 is 9.47 Å². The maximum Gasteiger partial charge on any atom is 0.161 e. The van der Waals surface area contributed by atoms with Crippen molar-refractivity contribution < 1.29 is 0 Å². The largest absolute Gasteiger partial charge is 0.309 e. The van der Waals surface area contributed by atoms with E-state index in [9.17, 15) is 0 Å². The summed E-state index contributed by atoms with van der Waals surface area (Å²) in [6.45, 7) is 0. The monoisotopic (exact) mass is 866 g/mol. The molecule has 1 aliphatic rings. The highest BCUT2D eigenvalue weighted by atomic mass is 15.2. The van der Waals surface area contributed by atoms with Crippen molar-refractivity contribution in [1.29, 1.82) is 0 Å². The lowest BCUT2D eigenvalue weighted by atomic mass is 9.94. The molecule has 3 heterocycles. The van der Waals surface area contributed by atoms with Gasteiger partial charge in [-0.3, -0.25) is 0 Å². The molecule has 13 rings (SSSR count). The van der Waals surface area contributed by atoms with Crippen molar-refractivity contribution >= 4 is 38.7 Å². The summed E-state index contributed by atoms with van der Waals surface area (Å²) in [7, 11) is 0. The van der Waals surface area contributed by atoms with Gasteiger partial charge in [-0.25, -0.2) is 9.97 Å². The number of benzene rings is 10. The minimum atomic E-state index is 0.701. The van der Waals surface area contributed by atoms with Crippen LogP contribution in [-0.2, 0) is 0 Å². The molecule has 318 valence electrons. The van der Waals surface area contributed by atoms with E-state index < -0.39 is 0 Å². The molecule has 1 aliphatic heterocycles. The van der Waals surface area contributed by atoms with Crippen molar-refractivity contribution in [3.8, 4) is 84.2 Å². The number of rotatable bonds is 7. The van der Waals surface area contributed by atoms with E-state index in [-0.39, 0.29) is 0 Å². The van der Waals surface area contributed by atoms with Gasteiger partial charge in [0.15, 0.2) is 5.82 Å². The topological polar surface area (TPSA) is 34.0 Å². The van der Waals surface area contributed by atoms with Crippen LogP contribution >= 0.6 is 0 Å². The fourth-order valence-corrected chi connectivity index (χ4v) is 10.3. The summed E-state index contributed by atoms with van der Waals surface area (Å²) < 4.78 is 2.50. The molecule has 0 amide bonds. The van der Waals surface area contributed by atoms with Gasteiger partial charge in [0.2, 0.25) is 0 Å². The first-order valence-electron chi connectivity index (χ1n) is 23.2. The van der Waals surface area contributed by atoms with Crippen molar-refractivity contribution in [3.05, 3.63) is 255 Å². The summed E-state index contributed by atoms with van der Waals surface area (Å²) in [4.78, 5) is 12.9. The van der Waals surface area contributed by atoms with E-state index in [1.807, 2.05) is 12.1 Å². The smallest absolute Gasteiger partial charge is 0.161 e. The number of hydrogen-bond donors (Lipinski definition) is 0. The predicted molar refractivity (Wildman–Crippen MR) is 283 cm³/mol. The second-order valence-corrected chi connectivity index (χ2v) is 17.3. The summed E-state index contributed by atoms with van der Waals surface area (Å²) in [6, 6.07) is 91.2. The van der Waals surface area contributed by atoms with E-state index in [0.717, 1.165) is 78.3 Å². The normalized spacial score (nSPS) is 11.8. The number of aromatic nitrogens is 3. The summed E-state index contributed by atoms with van der Waals surface area (Å²) in [5.74, 6) is 0.701. The number of para-hydroxylation sites is 4. The lowest BCUT2D eigenvalue weighted by Crippen LogP contribution is -2.11. The molecular formula is C64H42N4. The molecule has 0 atom stereocenters.